The fourth-order valence-corrected chi connectivity index (χ4v) is 11.3. The van der Waals surface area contributed by atoms with Crippen molar-refractivity contribution in [1.29, 1.82) is 0 Å². The molecule has 2 unspecified atom stereocenters. The number of hydrogen-bond donors (Lipinski definition) is 0. The van der Waals surface area contributed by atoms with Crippen LogP contribution in [0, 0.1) is 0 Å². The molecule has 30 heavy (non-hydrogen) atoms. The SMILES string of the molecule is CCCCC(CC)(C(=O)C(CC)(CCCC)[Si](OC)(OC)OC)[Si](OC)(OC)OC. The molecule has 2 atom stereocenters. The summed E-state index contributed by atoms with van der Waals surface area (Å²) in [6.45, 7) is 8.26. The van der Waals surface area contributed by atoms with Crippen molar-refractivity contribution in [2.75, 3.05) is 42.7 Å². The second kappa shape index (κ2) is 13.4. The molecular weight excluding hydrogens is 420 g/mol. The Kier molecular flexibility index (Phi) is 13.4. The van der Waals surface area contributed by atoms with Gasteiger partial charge in [-0.2, -0.15) is 0 Å². The van der Waals surface area contributed by atoms with Gasteiger partial charge in [0.15, 0.2) is 5.78 Å². The number of hydrogen-bond acceptors (Lipinski definition) is 7. The van der Waals surface area contributed by atoms with Crippen molar-refractivity contribution in [3.8, 4) is 0 Å². The second-order valence-corrected chi connectivity index (χ2v) is 14.3. The zero-order valence-electron chi connectivity index (χ0n) is 21.0. The second-order valence-electron chi connectivity index (χ2n) is 7.74. The molecule has 0 aromatic rings. The molecule has 0 fully saturated rings. The monoisotopic (exact) mass is 466 g/mol. The van der Waals surface area contributed by atoms with E-state index in [0.29, 0.717) is 25.7 Å². The summed E-state index contributed by atoms with van der Waals surface area (Å²) in [4.78, 5) is 14.8. The first-order valence-electron chi connectivity index (χ1n) is 11.1. The third-order valence-corrected chi connectivity index (χ3v) is 14.0. The van der Waals surface area contributed by atoms with Crippen molar-refractivity contribution in [2.24, 2.45) is 0 Å². The van der Waals surface area contributed by atoms with E-state index in [1.54, 1.807) is 42.7 Å². The third-order valence-electron chi connectivity index (χ3n) is 6.78. The Morgan fingerprint density at radius 3 is 1.03 bits per heavy atom. The van der Waals surface area contributed by atoms with Gasteiger partial charge in [-0.15, -0.1) is 0 Å². The highest BCUT2D eigenvalue weighted by Crippen LogP contribution is 2.60. The number of carbonyl (C=O) groups excluding carboxylic acids is 1. The van der Waals surface area contributed by atoms with Gasteiger partial charge in [-0.3, -0.25) is 4.79 Å². The smallest absolute Gasteiger partial charge is 0.376 e. The molecule has 0 saturated heterocycles. The van der Waals surface area contributed by atoms with Crippen LogP contribution in [0.4, 0.5) is 0 Å². The molecule has 0 N–H and O–H groups in total. The maximum Gasteiger partial charge on any atom is 0.514 e. The van der Waals surface area contributed by atoms with Gasteiger partial charge in [-0.05, 0) is 25.7 Å². The molecule has 0 rings (SSSR count). The van der Waals surface area contributed by atoms with Crippen LogP contribution in [0.15, 0.2) is 0 Å². The normalized spacial score (nSPS) is 16.9. The molecule has 0 aromatic carbocycles. The van der Waals surface area contributed by atoms with Crippen molar-refractivity contribution < 1.29 is 31.4 Å². The molecule has 0 radical (unpaired) electrons. The van der Waals surface area contributed by atoms with Crippen LogP contribution in [0.25, 0.3) is 0 Å². The maximum absolute atomic E-state index is 14.8. The maximum atomic E-state index is 14.8. The topological polar surface area (TPSA) is 72.5 Å². The van der Waals surface area contributed by atoms with E-state index in [9.17, 15) is 4.79 Å². The highest BCUT2D eigenvalue weighted by molar-refractivity contribution is 6.74. The molecule has 0 aromatic heterocycles. The van der Waals surface area contributed by atoms with Crippen molar-refractivity contribution in [2.45, 2.75) is 89.1 Å². The number of carbonyl (C=O) groups is 1. The Morgan fingerprint density at radius 2 is 0.867 bits per heavy atom. The number of rotatable bonds is 18. The summed E-state index contributed by atoms with van der Waals surface area (Å²) in [6.07, 6.45) is 5.95. The molecule has 180 valence electrons. The summed E-state index contributed by atoms with van der Waals surface area (Å²) in [5.74, 6) is 0.0383. The molecule has 0 spiro atoms. The van der Waals surface area contributed by atoms with E-state index in [4.69, 9.17) is 26.6 Å². The van der Waals surface area contributed by atoms with Gasteiger partial charge in [0.1, 0.15) is 0 Å². The molecular formula is C21H46O7Si2. The summed E-state index contributed by atoms with van der Waals surface area (Å²) in [6, 6.07) is 0. The lowest BCUT2D eigenvalue weighted by atomic mass is 9.81. The van der Waals surface area contributed by atoms with E-state index in [1.165, 1.54) is 0 Å². The molecule has 0 saturated carbocycles. The minimum atomic E-state index is -3.37. The Labute approximate surface area is 186 Å². The van der Waals surface area contributed by atoms with E-state index in [0.717, 1.165) is 25.7 Å². The van der Waals surface area contributed by atoms with Gasteiger partial charge >= 0.3 is 17.6 Å². The zero-order valence-corrected chi connectivity index (χ0v) is 23.0. The lowest BCUT2D eigenvalue weighted by molar-refractivity contribution is -0.131. The minimum absolute atomic E-state index is 0.0383. The van der Waals surface area contributed by atoms with Gasteiger partial charge in [0.25, 0.3) is 0 Å². The van der Waals surface area contributed by atoms with Crippen LogP contribution < -0.4 is 0 Å². The average Bonchev–Trinajstić information content (AvgIpc) is 2.80. The van der Waals surface area contributed by atoms with Crippen LogP contribution in [-0.4, -0.2) is 66.1 Å². The summed E-state index contributed by atoms with van der Waals surface area (Å²) >= 11 is 0. The van der Waals surface area contributed by atoms with Gasteiger partial charge in [-0.25, -0.2) is 0 Å². The Bertz CT molecular complexity index is 439. The lowest BCUT2D eigenvalue weighted by Gasteiger charge is -2.50. The summed E-state index contributed by atoms with van der Waals surface area (Å²) in [5, 5.41) is -1.84. The van der Waals surface area contributed by atoms with Crippen molar-refractivity contribution in [3.63, 3.8) is 0 Å². The van der Waals surface area contributed by atoms with Gasteiger partial charge < -0.3 is 26.6 Å². The van der Waals surface area contributed by atoms with E-state index in [2.05, 4.69) is 13.8 Å². The fraction of sp³-hybridized carbons (Fsp3) is 0.952. The first-order valence-corrected chi connectivity index (χ1v) is 14.6. The van der Waals surface area contributed by atoms with Crippen LogP contribution in [0.1, 0.15) is 79.1 Å². The number of Topliss-reactive ketones (excluding diaryl/α,β-unsaturated/α-hetero) is 1. The summed E-state index contributed by atoms with van der Waals surface area (Å²) in [7, 11) is 2.73. The predicted molar refractivity (Wildman–Crippen MR) is 124 cm³/mol. The quantitative estimate of drug-likeness (QED) is 0.263. The van der Waals surface area contributed by atoms with Gasteiger partial charge in [0.05, 0.1) is 10.1 Å². The van der Waals surface area contributed by atoms with Gasteiger partial charge in [-0.1, -0.05) is 53.4 Å². The zero-order chi connectivity index (χ0) is 23.5. The lowest BCUT2D eigenvalue weighted by Crippen LogP contribution is -2.65. The Morgan fingerprint density at radius 1 is 0.600 bits per heavy atom. The predicted octanol–water partition coefficient (Wildman–Crippen LogP) is 4.99. The van der Waals surface area contributed by atoms with Crippen LogP contribution >= 0.6 is 0 Å². The van der Waals surface area contributed by atoms with Crippen LogP contribution in [0.5, 0.6) is 0 Å². The van der Waals surface area contributed by atoms with E-state index in [-0.39, 0.29) is 5.78 Å². The fourth-order valence-electron chi connectivity index (χ4n) is 5.01. The molecule has 0 aliphatic rings. The molecule has 0 bridgehead atoms. The molecule has 0 aliphatic heterocycles. The Hall–Kier alpha value is -0.136. The molecule has 9 heteroatoms. The molecule has 7 nitrogen and oxygen atoms in total. The first kappa shape index (κ1) is 29.9. The average molecular weight is 467 g/mol. The van der Waals surface area contributed by atoms with Crippen LogP contribution in [0.3, 0.4) is 0 Å². The van der Waals surface area contributed by atoms with E-state index >= 15 is 0 Å². The van der Waals surface area contributed by atoms with Gasteiger partial charge in [0, 0.05) is 42.7 Å². The largest absolute Gasteiger partial charge is 0.514 e. The van der Waals surface area contributed by atoms with E-state index in [1.807, 2.05) is 13.8 Å². The number of unbranched alkanes of at least 4 members (excludes halogenated alkanes) is 2. The summed E-state index contributed by atoms with van der Waals surface area (Å²) in [5.41, 5.74) is 0. The van der Waals surface area contributed by atoms with Crippen molar-refractivity contribution >= 4 is 23.4 Å². The highest BCUT2D eigenvalue weighted by atomic mass is 28.4. The van der Waals surface area contributed by atoms with Crippen molar-refractivity contribution in [1.82, 2.24) is 0 Å². The van der Waals surface area contributed by atoms with Crippen LogP contribution in [0.2, 0.25) is 10.1 Å². The highest BCUT2D eigenvalue weighted by Gasteiger charge is 2.72. The van der Waals surface area contributed by atoms with E-state index < -0.39 is 27.7 Å². The molecule has 0 aliphatic carbocycles. The molecule has 0 heterocycles. The first-order chi connectivity index (χ1) is 14.3. The van der Waals surface area contributed by atoms with Crippen LogP contribution in [-0.2, 0) is 31.4 Å². The minimum Gasteiger partial charge on any atom is -0.376 e. The van der Waals surface area contributed by atoms with Gasteiger partial charge in [0.2, 0.25) is 0 Å². The standard InChI is InChI=1S/C21H46O7Si2/c1-11-15-17-20(13-3,29(23-5,24-6)25-7)19(22)21(14-4,18-16-12-2)30(26-8,27-9)28-10/h11-18H2,1-10H3. The third kappa shape index (κ3) is 4.93. The number of ketones is 1. The summed E-state index contributed by atoms with van der Waals surface area (Å²) < 4.78 is 35.6. The molecule has 0 amide bonds. The van der Waals surface area contributed by atoms with Crippen molar-refractivity contribution in [3.05, 3.63) is 0 Å². The Balaban J connectivity index is 7.10.